The van der Waals surface area contributed by atoms with Gasteiger partial charge in [0.25, 0.3) is 5.91 Å². The van der Waals surface area contributed by atoms with Gasteiger partial charge in [-0.25, -0.2) is 4.99 Å². The zero-order chi connectivity index (χ0) is 28.3. The molecule has 1 amide bonds. The maximum atomic E-state index is 13.4. The van der Waals surface area contributed by atoms with E-state index in [-0.39, 0.29) is 11.3 Å². The highest BCUT2D eigenvalue weighted by Crippen LogP contribution is 2.45. The number of nitrogens with one attached hydrogen (secondary N) is 1. The number of thiophene rings is 1. The molecular formula is C32H32Cl2N2O3S. The average molecular weight is 596 g/mol. The molecule has 4 aromatic rings. The van der Waals surface area contributed by atoms with Crippen molar-refractivity contribution in [2.75, 3.05) is 0 Å². The molecule has 8 heteroatoms. The summed E-state index contributed by atoms with van der Waals surface area (Å²) in [7, 11) is 0. The number of rotatable bonds is 8. The summed E-state index contributed by atoms with van der Waals surface area (Å²) in [5.74, 6) is 1.90. The van der Waals surface area contributed by atoms with Crippen LogP contribution in [0.3, 0.4) is 0 Å². The number of hydrogen-bond acceptors (Lipinski definition) is 5. The lowest BCUT2D eigenvalue weighted by Gasteiger charge is -2.33. The van der Waals surface area contributed by atoms with Gasteiger partial charge < -0.3 is 14.5 Å². The highest BCUT2D eigenvalue weighted by molar-refractivity contribution is 7.16. The molecule has 0 fully saturated rings. The van der Waals surface area contributed by atoms with Crippen LogP contribution in [0.1, 0.15) is 64.9 Å². The summed E-state index contributed by atoms with van der Waals surface area (Å²) in [6, 6.07) is 16.7. The summed E-state index contributed by atoms with van der Waals surface area (Å²) in [6.07, 6.45) is 6.34. The van der Waals surface area contributed by atoms with E-state index >= 15 is 0 Å². The third-order valence-corrected chi connectivity index (χ3v) is 9.07. The summed E-state index contributed by atoms with van der Waals surface area (Å²) >= 11 is 13.9. The normalized spacial score (nSPS) is 15.3. The van der Waals surface area contributed by atoms with Crippen molar-refractivity contribution in [2.24, 2.45) is 16.3 Å². The number of ether oxygens (including phenoxy) is 1. The Hall–Kier alpha value is -3.06. The standard InChI is InChI=1S/C32H32Cl2N2O3S/c1-32(2,3)22-9-13-26-28(15-22)40-31(29(26)30(37)35-18-25-5-4-14-38-25)36-17-20-6-11-24(12-7-20)39-19-21-8-10-23(33)16-27(21)34/h4-8,10-12,14,16-17,22H,9,13,15,18-19H2,1-3H3,(H,35,37)/t22-/m1/s1. The van der Waals surface area contributed by atoms with Crippen LogP contribution in [-0.4, -0.2) is 12.1 Å². The predicted molar refractivity (Wildman–Crippen MR) is 164 cm³/mol. The van der Waals surface area contributed by atoms with Gasteiger partial charge in [-0.1, -0.05) is 50.0 Å². The average Bonchev–Trinajstić information content (AvgIpc) is 3.57. The van der Waals surface area contributed by atoms with Gasteiger partial charge in [0.15, 0.2) is 0 Å². The molecule has 0 spiro atoms. The highest BCUT2D eigenvalue weighted by atomic mass is 35.5. The summed E-state index contributed by atoms with van der Waals surface area (Å²) < 4.78 is 11.3. The minimum absolute atomic E-state index is 0.111. The van der Waals surface area contributed by atoms with Crippen LogP contribution >= 0.6 is 34.5 Å². The fourth-order valence-electron chi connectivity index (χ4n) is 4.89. The molecular weight excluding hydrogens is 563 g/mol. The highest BCUT2D eigenvalue weighted by Gasteiger charge is 2.33. The lowest BCUT2D eigenvalue weighted by molar-refractivity contribution is 0.0947. The van der Waals surface area contributed by atoms with Crippen molar-refractivity contribution in [2.45, 2.75) is 53.2 Å². The van der Waals surface area contributed by atoms with Gasteiger partial charge in [-0.15, -0.1) is 11.3 Å². The number of carbonyl (C=O) groups excluding carboxylic acids is 1. The summed E-state index contributed by atoms with van der Waals surface area (Å²) in [5, 5.41) is 4.94. The van der Waals surface area contributed by atoms with E-state index in [4.69, 9.17) is 37.3 Å². The van der Waals surface area contributed by atoms with Crippen LogP contribution in [-0.2, 0) is 26.0 Å². The Morgan fingerprint density at radius 3 is 2.67 bits per heavy atom. The van der Waals surface area contributed by atoms with E-state index in [9.17, 15) is 4.79 Å². The molecule has 0 radical (unpaired) electrons. The monoisotopic (exact) mass is 594 g/mol. The second kappa shape index (κ2) is 12.2. The van der Waals surface area contributed by atoms with Crippen molar-refractivity contribution in [1.29, 1.82) is 0 Å². The van der Waals surface area contributed by atoms with E-state index in [2.05, 4.69) is 26.1 Å². The summed E-state index contributed by atoms with van der Waals surface area (Å²) in [4.78, 5) is 19.5. The second-order valence-corrected chi connectivity index (χ2v) is 13.0. The topological polar surface area (TPSA) is 63.8 Å². The van der Waals surface area contributed by atoms with Gasteiger partial charge in [0, 0.05) is 26.7 Å². The Kier molecular flexibility index (Phi) is 8.69. The van der Waals surface area contributed by atoms with E-state index in [1.165, 1.54) is 4.88 Å². The first-order valence-electron chi connectivity index (χ1n) is 13.3. The number of hydrogen-bond donors (Lipinski definition) is 1. The quantitative estimate of drug-likeness (QED) is 0.207. The molecule has 1 atom stereocenters. The van der Waals surface area contributed by atoms with E-state index in [0.717, 1.165) is 52.5 Å². The Morgan fingerprint density at radius 2 is 1.98 bits per heavy atom. The largest absolute Gasteiger partial charge is 0.489 e. The van der Waals surface area contributed by atoms with Crippen molar-refractivity contribution in [3.05, 3.63) is 104 Å². The molecule has 1 aliphatic carbocycles. The Balaban J connectivity index is 1.33. The van der Waals surface area contributed by atoms with Crippen LogP contribution in [0.4, 0.5) is 5.00 Å². The minimum Gasteiger partial charge on any atom is -0.489 e. The van der Waals surface area contributed by atoms with Crippen molar-refractivity contribution in [3.8, 4) is 5.75 Å². The van der Waals surface area contributed by atoms with Crippen molar-refractivity contribution < 1.29 is 13.9 Å². The number of benzene rings is 2. The second-order valence-electron chi connectivity index (χ2n) is 11.1. The molecule has 5 rings (SSSR count). The molecule has 1 aliphatic rings. The lowest BCUT2D eigenvalue weighted by atomic mass is 9.72. The van der Waals surface area contributed by atoms with Gasteiger partial charge in [-0.2, -0.15) is 0 Å². The third-order valence-electron chi connectivity index (χ3n) is 7.32. The molecule has 2 heterocycles. The molecule has 0 aliphatic heterocycles. The van der Waals surface area contributed by atoms with Gasteiger partial charge in [-0.3, -0.25) is 4.79 Å². The number of nitrogens with zero attached hydrogens (tertiary/aromatic N) is 1. The van der Waals surface area contributed by atoms with Gasteiger partial charge in [0.1, 0.15) is 23.1 Å². The maximum Gasteiger partial charge on any atom is 0.255 e. The number of carbonyl (C=O) groups is 1. The Morgan fingerprint density at radius 1 is 1.18 bits per heavy atom. The van der Waals surface area contributed by atoms with Gasteiger partial charge in [0.05, 0.1) is 18.4 Å². The van der Waals surface area contributed by atoms with Crippen LogP contribution < -0.4 is 10.1 Å². The molecule has 2 aromatic carbocycles. The first-order valence-corrected chi connectivity index (χ1v) is 14.9. The van der Waals surface area contributed by atoms with Gasteiger partial charge in [0.2, 0.25) is 0 Å². The number of halogens is 2. The van der Waals surface area contributed by atoms with Crippen molar-refractivity contribution in [3.63, 3.8) is 0 Å². The predicted octanol–water partition coefficient (Wildman–Crippen LogP) is 9.06. The first-order chi connectivity index (χ1) is 19.2. The molecule has 0 saturated carbocycles. The summed E-state index contributed by atoms with van der Waals surface area (Å²) in [6.45, 7) is 7.57. The van der Waals surface area contributed by atoms with Crippen LogP contribution in [0.5, 0.6) is 5.75 Å². The molecule has 2 aromatic heterocycles. The molecule has 0 saturated heterocycles. The fraction of sp³-hybridized carbons (Fsp3) is 0.312. The molecule has 1 N–H and O–H groups in total. The van der Waals surface area contributed by atoms with Crippen LogP contribution in [0.15, 0.2) is 70.3 Å². The minimum atomic E-state index is -0.111. The van der Waals surface area contributed by atoms with Crippen LogP contribution in [0.25, 0.3) is 0 Å². The Labute approximate surface area is 249 Å². The SMILES string of the molecule is CC(C)(C)[C@@H]1CCc2c(sc(N=Cc3ccc(OCc4ccc(Cl)cc4Cl)cc3)c2C(=O)NCc2ccco2)C1. The number of fused-ring (bicyclic) bond motifs is 1. The number of aliphatic imine (C=N–C) groups is 1. The number of furan rings is 1. The fourth-order valence-corrected chi connectivity index (χ4v) is 6.62. The van der Waals surface area contributed by atoms with Gasteiger partial charge in [-0.05, 0) is 90.3 Å². The third kappa shape index (κ3) is 6.80. The maximum absolute atomic E-state index is 13.4. The Bertz CT molecular complexity index is 1500. The van der Waals surface area contributed by atoms with Crippen molar-refractivity contribution >= 4 is 51.7 Å². The van der Waals surface area contributed by atoms with Crippen molar-refractivity contribution in [1.82, 2.24) is 5.32 Å². The van der Waals surface area contributed by atoms with Gasteiger partial charge >= 0.3 is 0 Å². The molecule has 5 nitrogen and oxygen atoms in total. The van der Waals surface area contributed by atoms with Crippen LogP contribution in [0, 0.1) is 11.3 Å². The molecule has 208 valence electrons. The van der Waals surface area contributed by atoms with E-state index in [1.807, 2.05) is 48.7 Å². The van der Waals surface area contributed by atoms with E-state index < -0.39 is 0 Å². The zero-order valence-corrected chi connectivity index (χ0v) is 25.1. The van der Waals surface area contributed by atoms with Crippen LogP contribution in [0.2, 0.25) is 10.0 Å². The molecule has 0 bridgehead atoms. The van der Waals surface area contributed by atoms with E-state index in [1.54, 1.807) is 29.7 Å². The molecule has 0 unspecified atom stereocenters. The molecule has 40 heavy (non-hydrogen) atoms. The van der Waals surface area contributed by atoms with E-state index in [0.29, 0.717) is 34.7 Å². The lowest BCUT2D eigenvalue weighted by Crippen LogP contribution is -2.28. The first kappa shape index (κ1) is 28.5. The summed E-state index contributed by atoms with van der Waals surface area (Å²) in [5.41, 5.74) is 3.83. The zero-order valence-electron chi connectivity index (χ0n) is 22.8. The smallest absolute Gasteiger partial charge is 0.255 e. The number of amides is 1.